The predicted octanol–water partition coefficient (Wildman–Crippen LogP) is 3.74. The molecule has 0 aliphatic carbocycles. The summed E-state index contributed by atoms with van der Waals surface area (Å²) in [6, 6.07) is 10.5. The van der Waals surface area contributed by atoms with E-state index in [0.29, 0.717) is 17.2 Å². The van der Waals surface area contributed by atoms with E-state index in [0.717, 1.165) is 0 Å². The highest BCUT2D eigenvalue weighted by Gasteiger charge is 2.17. The van der Waals surface area contributed by atoms with Crippen LogP contribution in [0.3, 0.4) is 0 Å². The first-order valence-corrected chi connectivity index (χ1v) is 7.78. The molecule has 8 heteroatoms. The number of nitrogens with one attached hydrogen (secondary N) is 2. The van der Waals surface area contributed by atoms with Crippen LogP contribution in [0.25, 0.3) is 0 Å². The van der Waals surface area contributed by atoms with Gasteiger partial charge in [0.15, 0.2) is 11.5 Å². The van der Waals surface area contributed by atoms with Gasteiger partial charge in [0.25, 0.3) is 0 Å². The van der Waals surface area contributed by atoms with Gasteiger partial charge in [-0.15, -0.1) is 0 Å². The molecule has 0 radical (unpaired) electrons. The molecule has 1 atom stereocenters. The van der Waals surface area contributed by atoms with Crippen molar-refractivity contribution in [2.45, 2.75) is 19.6 Å². The first-order valence-electron chi connectivity index (χ1n) is 7.78. The number of ether oxygens (including phenoxy) is 3. The summed E-state index contributed by atoms with van der Waals surface area (Å²) in [5, 5.41) is 5.58. The van der Waals surface area contributed by atoms with Crippen LogP contribution < -0.4 is 24.8 Å². The average molecular weight is 366 g/mol. The third-order valence-electron chi connectivity index (χ3n) is 3.52. The number of alkyl halides is 2. The van der Waals surface area contributed by atoms with Gasteiger partial charge in [-0.3, -0.25) is 4.79 Å². The number of benzene rings is 2. The maximum absolute atomic E-state index is 12.4. The van der Waals surface area contributed by atoms with Crippen molar-refractivity contribution in [2.75, 3.05) is 24.9 Å². The number of hydrogen-bond donors (Lipinski definition) is 2. The Morgan fingerprint density at radius 2 is 1.69 bits per heavy atom. The molecule has 2 aromatic carbocycles. The molecule has 0 fully saturated rings. The second kappa shape index (κ2) is 8.89. The fourth-order valence-electron chi connectivity index (χ4n) is 2.25. The first-order chi connectivity index (χ1) is 12.4. The molecule has 2 rings (SSSR count). The van der Waals surface area contributed by atoms with Crippen molar-refractivity contribution in [1.82, 2.24) is 0 Å². The molecule has 0 aromatic heterocycles. The minimum atomic E-state index is -2.98. The highest BCUT2D eigenvalue weighted by Crippen LogP contribution is 2.30. The van der Waals surface area contributed by atoms with Gasteiger partial charge in [0, 0.05) is 11.8 Å². The average Bonchev–Trinajstić information content (AvgIpc) is 2.62. The quantitative estimate of drug-likeness (QED) is 0.745. The lowest BCUT2D eigenvalue weighted by Gasteiger charge is -2.18. The van der Waals surface area contributed by atoms with E-state index >= 15 is 0 Å². The number of carbonyl (C=O) groups excluding carboxylic acids is 1. The third-order valence-corrected chi connectivity index (χ3v) is 3.52. The number of carbonyl (C=O) groups is 1. The van der Waals surface area contributed by atoms with Crippen LogP contribution in [-0.2, 0) is 4.79 Å². The summed E-state index contributed by atoms with van der Waals surface area (Å²) in [5.74, 6) is 0.563. The van der Waals surface area contributed by atoms with Crippen molar-refractivity contribution in [3.8, 4) is 17.2 Å². The van der Waals surface area contributed by atoms with Gasteiger partial charge in [0.2, 0.25) is 5.91 Å². The number of anilines is 2. The molecule has 0 heterocycles. The van der Waals surface area contributed by atoms with E-state index in [2.05, 4.69) is 15.4 Å². The van der Waals surface area contributed by atoms with E-state index in [1.165, 1.54) is 26.4 Å². The number of para-hydroxylation sites is 2. The zero-order valence-electron chi connectivity index (χ0n) is 14.6. The largest absolute Gasteiger partial charge is 0.493 e. The van der Waals surface area contributed by atoms with Gasteiger partial charge >= 0.3 is 6.61 Å². The van der Waals surface area contributed by atoms with Gasteiger partial charge in [-0.05, 0) is 31.2 Å². The number of amides is 1. The topological polar surface area (TPSA) is 68.8 Å². The molecule has 2 N–H and O–H groups in total. The molecular formula is C18H20F2N2O4. The lowest BCUT2D eigenvalue weighted by Crippen LogP contribution is -2.32. The van der Waals surface area contributed by atoms with Crippen LogP contribution in [-0.4, -0.2) is 32.8 Å². The molecular weight excluding hydrogens is 346 g/mol. The molecule has 1 amide bonds. The molecule has 0 spiro atoms. The Morgan fingerprint density at radius 1 is 1.00 bits per heavy atom. The molecule has 0 bridgehead atoms. The summed E-state index contributed by atoms with van der Waals surface area (Å²) in [5.41, 5.74) is 0.807. The third kappa shape index (κ3) is 4.98. The Bertz CT molecular complexity index is 756. The SMILES string of the molecule is COc1ccc(NC(C)C(=O)Nc2ccccc2OC(F)F)cc1OC. The second-order valence-corrected chi connectivity index (χ2v) is 5.30. The standard InChI is InChI=1S/C18H20F2N2O4/c1-11(21-12-8-9-15(24-2)16(10-12)25-3)17(23)22-13-6-4-5-7-14(13)26-18(19)20/h4-11,18,21H,1-3H3,(H,22,23). The molecule has 2 aromatic rings. The van der Waals surface area contributed by atoms with Crippen LogP contribution in [0.2, 0.25) is 0 Å². The summed E-state index contributed by atoms with van der Waals surface area (Å²) in [6.45, 7) is -1.34. The lowest BCUT2D eigenvalue weighted by atomic mass is 10.2. The van der Waals surface area contributed by atoms with Gasteiger partial charge in [0.1, 0.15) is 11.8 Å². The normalized spacial score (nSPS) is 11.6. The van der Waals surface area contributed by atoms with Crippen LogP contribution in [0.1, 0.15) is 6.92 Å². The second-order valence-electron chi connectivity index (χ2n) is 5.30. The van der Waals surface area contributed by atoms with Crippen molar-refractivity contribution < 1.29 is 27.8 Å². The summed E-state index contributed by atoms with van der Waals surface area (Å²) in [6.07, 6.45) is 0. The minimum Gasteiger partial charge on any atom is -0.493 e. The summed E-state index contributed by atoms with van der Waals surface area (Å²) in [4.78, 5) is 12.4. The Kier molecular flexibility index (Phi) is 6.60. The monoisotopic (exact) mass is 366 g/mol. The van der Waals surface area contributed by atoms with Gasteiger partial charge in [-0.25, -0.2) is 0 Å². The highest BCUT2D eigenvalue weighted by atomic mass is 19.3. The molecule has 0 saturated carbocycles. The van der Waals surface area contributed by atoms with E-state index in [1.807, 2.05) is 0 Å². The fourth-order valence-corrected chi connectivity index (χ4v) is 2.25. The zero-order valence-corrected chi connectivity index (χ0v) is 14.6. The summed E-state index contributed by atoms with van der Waals surface area (Å²) in [7, 11) is 3.04. The molecule has 1 unspecified atom stereocenters. The molecule has 140 valence electrons. The first kappa shape index (κ1) is 19.3. The van der Waals surface area contributed by atoms with Crippen molar-refractivity contribution in [2.24, 2.45) is 0 Å². The Hall–Kier alpha value is -3.03. The van der Waals surface area contributed by atoms with Crippen LogP contribution >= 0.6 is 0 Å². The van der Waals surface area contributed by atoms with Crippen LogP contribution in [0.5, 0.6) is 17.2 Å². The molecule has 0 aliphatic heterocycles. The zero-order chi connectivity index (χ0) is 19.1. The van der Waals surface area contributed by atoms with Crippen LogP contribution in [0, 0.1) is 0 Å². The molecule has 0 saturated heterocycles. The van der Waals surface area contributed by atoms with Crippen molar-refractivity contribution >= 4 is 17.3 Å². The van der Waals surface area contributed by atoms with Crippen molar-refractivity contribution in [3.63, 3.8) is 0 Å². The van der Waals surface area contributed by atoms with Gasteiger partial charge in [0.05, 0.1) is 19.9 Å². The number of halogens is 2. The lowest BCUT2D eigenvalue weighted by molar-refractivity contribution is -0.116. The Balaban J connectivity index is 2.07. The van der Waals surface area contributed by atoms with Crippen molar-refractivity contribution in [1.29, 1.82) is 0 Å². The van der Waals surface area contributed by atoms with Gasteiger partial charge in [-0.1, -0.05) is 12.1 Å². The van der Waals surface area contributed by atoms with Crippen molar-refractivity contribution in [3.05, 3.63) is 42.5 Å². The van der Waals surface area contributed by atoms with Crippen LogP contribution in [0.4, 0.5) is 20.2 Å². The number of rotatable bonds is 8. The Labute approximate surface area is 150 Å². The van der Waals surface area contributed by atoms with E-state index in [1.54, 1.807) is 37.3 Å². The van der Waals surface area contributed by atoms with E-state index < -0.39 is 18.6 Å². The van der Waals surface area contributed by atoms with Crippen LogP contribution in [0.15, 0.2) is 42.5 Å². The van der Waals surface area contributed by atoms with E-state index in [-0.39, 0.29) is 11.4 Å². The Morgan fingerprint density at radius 3 is 2.35 bits per heavy atom. The van der Waals surface area contributed by atoms with E-state index in [9.17, 15) is 13.6 Å². The summed E-state index contributed by atoms with van der Waals surface area (Å²) < 4.78 is 39.7. The summed E-state index contributed by atoms with van der Waals surface area (Å²) >= 11 is 0. The number of methoxy groups -OCH3 is 2. The molecule has 6 nitrogen and oxygen atoms in total. The predicted molar refractivity (Wildman–Crippen MR) is 94.3 cm³/mol. The smallest absolute Gasteiger partial charge is 0.387 e. The van der Waals surface area contributed by atoms with Gasteiger partial charge in [-0.2, -0.15) is 8.78 Å². The molecule has 26 heavy (non-hydrogen) atoms. The maximum atomic E-state index is 12.4. The number of hydrogen-bond acceptors (Lipinski definition) is 5. The van der Waals surface area contributed by atoms with Gasteiger partial charge < -0.3 is 24.8 Å². The van der Waals surface area contributed by atoms with E-state index in [4.69, 9.17) is 9.47 Å². The molecule has 0 aliphatic rings. The highest BCUT2D eigenvalue weighted by molar-refractivity contribution is 5.97. The maximum Gasteiger partial charge on any atom is 0.387 e. The minimum absolute atomic E-state index is 0.103. The fraction of sp³-hybridized carbons (Fsp3) is 0.278.